The Bertz CT molecular complexity index is 1120. The Morgan fingerprint density at radius 2 is 1.97 bits per heavy atom. The number of nitrogens with zero attached hydrogens (tertiary/aromatic N) is 3. The molecular formula is C21H28N4O4S2. The predicted molar refractivity (Wildman–Crippen MR) is 121 cm³/mol. The van der Waals surface area contributed by atoms with Crippen LogP contribution >= 0.6 is 11.3 Å². The van der Waals surface area contributed by atoms with Gasteiger partial charge < -0.3 is 15.0 Å². The van der Waals surface area contributed by atoms with Crippen LogP contribution in [0.5, 0.6) is 0 Å². The Morgan fingerprint density at radius 1 is 1.32 bits per heavy atom. The van der Waals surface area contributed by atoms with Crippen molar-refractivity contribution in [3.05, 3.63) is 27.8 Å². The van der Waals surface area contributed by atoms with Crippen molar-refractivity contribution in [2.45, 2.75) is 51.6 Å². The maximum absolute atomic E-state index is 12.9. The molecule has 0 unspecified atom stereocenters. The standard InChI is InChI=1S/C21H28N4O4S2/c1-14-22-18(13-24(14)5)31(28,29)25-10-7-15(8-11-25)23-17-12-16(6-9-21(2,3)4)30-19(17)20(26)27/h12-13,15,23H,7-8,10-11H2,1-5H3,(H,26,27). The maximum Gasteiger partial charge on any atom is 0.348 e. The monoisotopic (exact) mass is 464 g/mol. The van der Waals surface area contributed by atoms with Gasteiger partial charge in [0.1, 0.15) is 10.7 Å². The molecule has 2 N–H and O–H groups in total. The second-order valence-electron chi connectivity index (χ2n) is 8.72. The van der Waals surface area contributed by atoms with E-state index in [1.54, 1.807) is 24.6 Å². The van der Waals surface area contributed by atoms with E-state index >= 15 is 0 Å². The van der Waals surface area contributed by atoms with E-state index < -0.39 is 16.0 Å². The summed E-state index contributed by atoms with van der Waals surface area (Å²) in [4.78, 5) is 16.7. The number of carboxylic acid groups (broad SMARTS) is 1. The quantitative estimate of drug-likeness (QED) is 0.659. The summed E-state index contributed by atoms with van der Waals surface area (Å²) in [5, 5.41) is 12.9. The van der Waals surface area contributed by atoms with Crippen molar-refractivity contribution in [2.24, 2.45) is 12.5 Å². The molecule has 0 radical (unpaired) electrons. The molecular weight excluding hydrogens is 436 g/mol. The van der Waals surface area contributed by atoms with Crippen LogP contribution in [0.25, 0.3) is 0 Å². The fourth-order valence-electron chi connectivity index (χ4n) is 3.21. The number of nitrogens with one attached hydrogen (secondary N) is 1. The van der Waals surface area contributed by atoms with Crippen LogP contribution in [0.3, 0.4) is 0 Å². The summed E-state index contributed by atoms with van der Waals surface area (Å²) < 4.78 is 28.8. The zero-order valence-corrected chi connectivity index (χ0v) is 20.0. The van der Waals surface area contributed by atoms with Gasteiger partial charge in [0.05, 0.1) is 10.6 Å². The summed E-state index contributed by atoms with van der Waals surface area (Å²) in [6.45, 7) is 8.45. The first kappa shape index (κ1) is 23.3. The third kappa shape index (κ3) is 5.47. The Hall–Kier alpha value is -2.35. The van der Waals surface area contributed by atoms with Gasteiger partial charge in [-0.2, -0.15) is 4.31 Å². The van der Waals surface area contributed by atoms with Crippen LogP contribution in [0.2, 0.25) is 0 Å². The number of thiophene rings is 1. The average Bonchev–Trinajstić information content (AvgIpc) is 3.24. The van der Waals surface area contributed by atoms with Gasteiger partial charge >= 0.3 is 5.97 Å². The minimum Gasteiger partial charge on any atom is -0.477 e. The SMILES string of the molecule is Cc1nc(S(=O)(=O)N2CCC(Nc3cc(C#CC(C)(C)C)sc3C(=O)O)CC2)cn1C. The molecule has 0 amide bonds. The number of carboxylic acids is 1. The summed E-state index contributed by atoms with van der Waals surface area (Å²) in [5.41, 5.74) is 0.364. The van der Waals surface area contributed by atoms with Crippen molar-refractivity contribution < 1.29 is 18.3 Å². The van der Waals surface area contributed by atoms with Crippen LogP contribution in [0.1, 0.15) is 54.0 Å². The van der Waals surface area contributed by atoms with E-state index in [-0.39, 0.29) is 21.4 Å². The lowest BCUT2D eigenvalue weighted by Gasteiger charge is -2.31. The number of anilines is 1. The number of hydrogen-bond acceptors (Lipinski definition) is 6. The van der Waals surface area contributed by atoms with E-state index in [0.717, 1.165) is 11.3 Å². The highest BCUT2D eigenvalue weighted by Gasteiger charge is 2.32. The van der Waals surface area contributed by atoms with Crippen LogP contribution in [0.15, 0.2) is 17.3 Å². The summed E-state index contributed by atoms with van der Waals surface area (Å²) in [6.07, 6.45) is 2.67. The zero-order valence-electron chi connectivity index (χ0n) is 18.4. The largest absolute Gasteiger partial charge is 0.477 e. The van der Waals surface area contributed by atoms with Gasteiger partial charge in [0.2, 0.25) is 0 Å². The Balaban J connectivity index is 1.70. The van der Waals surface area contributed by atoms with E-state index in [1.165, 1.54) is 10.5 Å². The van der Waals surface area contributed by atoms with E-state index in [4.69, 9.17) is 0 Å². The number of carbonyl (C=O) groups is 1. The molecule has 3 rings (SSSR count). The molecule has 0 aromatic carbocycles. The van der Waals surface area contributed by atoms with Crippen molar-refractivity contribution in [3.63, 3.8) is 0 Å². The number of piperidine rings is 1. The normalized spacial score (nSPS) is 16.0. The minimum absolute atomic E-state index is 0.0203. The molecule has 0 bridgehead atoms. The molecule has 0 atom stereocenters. The van der Waals surface area contributed by atoms with Gasteiger partial charge in [-0.3, -0.25) is 0 Å². The highest BCUT2D eigenvalue weighted by molar-refractivity contribution is 7.89. The van der Waals surface area contributed by atoms with Gasteiger partial charge in [-0.25, -0.2) is 18.2 Å². The first-order chi connectivity index (χ1) is 14.4. The molecule has 0 saturated carbocycles. The molecule has 0 aliphatic carbocycles. The van der Waals surface area contributed by atoms with Gasteiger partial charge in [0, 0.05) is 37.8 Å². The third-order valence-electron chi connectivity index (χ3n) is 4.99. The van der Waals surface area contributed by atoms with Gasteiger partial charge in [-0.15, -0.1) is 11.3 Å². The second kappa shape index (κ2) is 8.65. The van der Waals surface area contributed by atoms with Crippen molar-refractivity contribution >= 4 is 33.0 Å². The summed E-state index contributed by atoms with van der Waals surface area (Å²) in [5.74, 6) is 5.82. The minimum atomic E-state index is -3.64. The number of aromatic nitrogens is 2. The average molecular weight is 465 g/mol. The van der Waals surface area contributed by atoms with E-state index in [1.807, 2.05) is 20.8 Å². The van der Waals surface area contributed by atoms with Crippen molar-refractivity contribution in [1.82, 2.24) is 13.9 Å². The Labute approximate surface area is 187 Å². The first-order valence-electron chi connectivity index (χ1n) is 10.0. The van der Waals surface area contributed by atoms with Gasteiger partial charge in [-0.05, 0) is 46.6 Å². The molecule has 3 heterocycles. The van der Waals surface area contributed by atoms with Gasteiger partial charge in [0.25, 0.3) is 10.0 Å². The second-order valence-corrected chi connectivity index (χ2v) is 11.7. The lowest BCUT2D eigenvalue weighted by Crippen LogP contribution is -2.42. The van der Waals surface area contributed by atoms with Crippen molar-refractivity contribution in [2.75, 3.05) is 18.4 Å². The highest BCUT2D eigenvalue weighted by atomic mass is 32.2. The lowest BCUT2D eigenvalue weighted by atomic mass is 9.98. The van der Waals surface area contributed by atoms with Crippen molar-refractivity contribution in [1.29, 1.82) is 0 Å². The molecule has 31 heavy (non-hydrogen) atoms. The van der Waals surface area contributed by atoms with E-state index in [0.29, 0.717) is 42.3 Å². The molecule has 10 heteroatoms. The lowest BCUT2D eigenvalue weighted by molar-refractivity contribution is 0.0703. The van der Waals surface area contributed by atoms with Crippen molar-refractivity contribution in [3.8, 4) is 11.8 Å². The maximum atomic E-state index is 12.9. The Kier molecular flexibility index (Phi) is 6.51. The molecule has 0 spiro atoms. The van der Waals surface area contributed by atoms with Gasteiger partial charge in [-0.1, -0.05) is 11.8 Å². The van der Waals surface area contributed by atoms with Crippen LogP contribution in [0, 0.1) is 24.2 Å². The van der Waals surface area contributed by atoms with E-state index in [2.05, 4.69) is 22.1 Å². The molecule has 2 aromatic heterocycles. The first-order valence-corrected chi connectivity index (χ1v) is 12.3. The molecule has 2 aromatic rings. The highest BCUT2D eigenvalue weighted by Crippen LogP contribution is 2.30. The molecule has 1 fully saturated rings. The topological polar surface area (TPSA) is 105 Å². The number of sulfonamides is 1. The number of aryl methyl sites for hydroxylation is 2. The molecule has 168 valence electrons. The number of hydrogen-bond donors (Lipinski definition) is 2. The smallest absolute Gasteiger partial charge is 0.348 e. The summed E-state index contributed by atoms with van der Waals surface area (Å²) >= 11 is 1.15. The predicted octanol–water partition coefficient (Wildman–Crippen LogP) is 3.15. The zero-order chi connectivity index (χ0) is 23.0. The summed E-state index contributed by atoms with van der Waals surface area (Å²) in [7, 11) is -1.87. The van der Waals surface area contributed by atoms with Crippen LogP contribution in [-0.4, -0.2) is 52.5 Å². The van der Waals surface area contributed by atoms with Crippen LogP contribution < -0.4 is 5.32 Å². The fourth-order valence-corrected chi connectivity index (χ4v) is 5.52. The molecule has 1 saturated heterocycles. The molecule has 8 nitrogen and oxygen atoms in total. The van der Waals surface area contributed by atoms with Gasteiger partial charge in [0.15, 0.2) is 5.03 Å². The Morgan fingerprint density at radius 3 is 2.48 bits per heavy atom. The fraction of sp³-hybridized carbons (Fsp3) is 0.524. The van der Waals surface area contributed by atoms with Crippen LogP contribution in [-0.2, 0) is 17.1 Å². The number of rotatable bonds is 5. The molecule has 1 aliphatic heterocycles. The van der Waals surface area contributed by atoms with Crippen LogP contribution in [0.4, 0.5) is 5.69 Å². The molecule has 1 aliphatic rings. The third-order valence-corrected chi connectivity index (χ3v) is 7.80. The summed E-state index contributed by atoms with van der Waals surface area (Å²) in [6, 6.07) is 1.75. The van der Waals surface area contributed by atoms with E-state index in [9.17, 15) is 18.3 Å². The number of imidazole rings is 1. The number of aromatic carboxylic acids is 1.